The van der Waals surface area contributed by atoms with Crippen LogP contribution in [0.5, 0.6) is 0 Å². The van der Waals surface area contributed by atoms with Crippen molar-refractivity contribution in [1.82, 2.24) is 35.9 Å². The fraction of sp³-hybridized carbons (Fsp3) is 0.618. The number of benzene rings is 1. The van der Waals surface area contributed by atoms with Crippen LogP contribution in [0, 0.1) is 6.92 Å². The molecule has 0 heterocycles. The van der Waals surface area contributed by atoms with Gasteiger partial charge in [0.25, 0.3) is 10.0 Å². The third kappa shape index (κ3) is 21.2. The second-order valence-electron chi connectivity index (χ2n) is 12.4. The predicted molar refractivity (Wildman–Crippen MR) is 191 cm³/mol. The van der Waals surface area contributed by atoms with Crippen molar-refractivity contribution in [2.24, 2.45) is 0 Å². The normalized spacial score (nSPS) is 10.9. The first-order valence-corrected chi connectivity index (χ1v) is 19.1. The van der Waals surface area contributed by atoms with Crippen LogP contribution in [-0.4, -0.2) is 108 Å². The summed E-state index contributed by atoms with van der Waals surface area (Å²) in [5, 5.41) is 39.3. The van der Waals surface area contributed by atoms with Crippen LogP contribution < -0.4 is 20.7 Å². The molecule has 18 heteroatoms. The standard InChI is InChI=1S/C34H57N7O10S/c1-27-13-15-30(16-14-27)52(50,51)38-28(2)35-21-7-4-11-25-40(48)33(45)19-18-32(44)37-23-9-6-12-26-41(49)34(46)20-17-31(43)36-22-8-5-10-24-39(47)29(3)42/h13-16,35,38,47-49H,2,4-12,17-26H2,1,3H3,(H,36,43)(H,37,44). The molecule has 0 radical (unpaired) electrons. The molecule has 0 atom stereocenters. The number of hydrogen-bond donors (Lipinski definition) is 7. The van der Waals surface area contributed by atoms with Crippen molar-refractivity contribution in [1.29, 1.82) is 0 Å². The van der Waals surface area contributed by atoms with Crippen LogP contribution in [0.4, 0.5) is 0 Å². The number of amides is 5. The van der Waals surface area contributed by atoms with Crippen molar-refractivity contribution in [3.63, 3.8) is 0 Å². The number of nitrogens with one attached hydrogen (secondary N) is 4. The van der Waals surface area contributed by atoms with Crippen molar-refractivity contribution in [2.45, 2.75) is 102 Å². The monoisotopic (exact) mass is 755 g/mol. The predicted octanol–water partition coefficient (Wildman–Crippen LogP) is 2.31. The number of sulfonamides is 1. The summed E-state index contributed by atoms with van der Waals surface area (Å²) in [6, 6.07) is 6.43. The van der Waals surface area contributed by atoms with Crippen molar-refractivity contribution in [3.8, 4) is 0 Å². The average Bonchev–Trinajstić information content (AvgIpc) is 3.09. The first-order chi connectivity index (χ1) is 24.6. The van der Waals surface area contributed by atoms with Crippen LogP contribution in [0.15, 0.2) is 41.6 Å². The minimum atomic E-state index is -3.74. The third-order valence-electron chi connectivity index (χ3n) is 7.78. The smallest absolute Gasteiger partial charge is 0.262 e. The lowest BCUT2D eigenvalue weighted by Crippen LogP contribution is -2.32. The van der Waals surface area contributed by atoms with Gasteiger partial charge in [0.05, 0.1) is 4.90 Å². The van der Waals surface area contributed by atoms with E-state index in [1.807, 2.05) is 6.92 Å². The van der Waals surface area contributed by atoms with Gasteiger partial charge in [-0.1, -0.05) is 24.3 Å². The Hall–Kier alpha value is -4.26. The molecule has 0 aliphatic heterocycles. The van der Waals surface area contributed by atoms with E-state index in [0.29, 0.717) is 92.6 Å². The van der Waals surface area contributed by atoms with Gasteiger partial charge in [0, 0.05) is 71.9 Å². The largest absolute Gasteiger partial charge is 0.372 e. The van der Waals surface area contributed by atoms with Crippen LogP contribution >= 0.6 is 0 Å². The Balaban J connectivity index is 2.04. The first-order valence-electron chi connectivity index (χ1n) is 17.6. The van der Waals surface area contributed by atoms with Crippen LogP contribution in [0.25, 0.3) is 0 Å². The molecule has 0 spiro atoms. The summed E-state index contributed by atoms with van der Waals surface area (Å²) in [6.07, 6.45) is 4.98. The van der Waals surface area contributed by atoms with Crippen molar-refractivity contribution in [2.75, 3.05) is 39.3 Å². The highest BCUT2D eigenvalue weighted by Crippen LogP contribution is 2.11. The number of carbonyl (C=O) groups is 5. The molecular weight excluding hydrogens is 698 g/mol. The molecular formula is C34H57N7O10S. The van der Waals surface area contributed by atoms with E-state index >= 15 is 0 Å². The maximum Gasteiger partial charge on any atom is 0.262 e. The highest BCUT2D eigenvalue weighted by atomic mass is 32.2. The second-order valence-corrected chi connectivity index (χ2v) is 14.1. The first kappa shape index (κ1) is 45.8. The van der Waals surface area contributed by atoms with Gasteiger partial charge in [-0.3, -0.25) is 44.3 Å². The minimum Gasteiger partial charge on any atom is -0.372 e. The van der Waals surface area contributed by atoms with Gasteiger partial charge >= 0.3 is 0 Å². The summed E-state index contributed by atoms with van der Waals surface area (Å²) in [5.74, 6) is -2.08. The van der Waals surface area contributed by atoms with Crippen molar-refractivity contribution >= 4 is 39.6 Å². The molecule has 0 aliphatic carbocycles. The summed E-state index contributed by atoms with van der Waals surface area (Å²) in [5.41, 5.74) is 0.943. The molecule has 5 amide bonds. The topological polar surface area (TPSA) is 238 Å². The van der Waals surface area contributed by atoms with Crippen LogP contribution in [0.1, 0.15) is 96.0 Å². The molecule has 0 saturated carbocycles. The Morgan fingerprint density at radius 3 is 1.44 bits per heavy atom. The SMILES string of the molecule is C=C(NCCCCCN(O)C(=O)CCC(=O)NCCCCCN(O)C(=O)CCC(=O)NCCCCCN(O)C(C)=O)NS(=O)(=O)c1ccc(C)cc1. The quantitative estimate of drug-likeness (QED) is 0.0372. The van der Waals surface area contributed by atoms with Crippen LogP contribution in [0.2, 0.25) is 0 Å². The Labute approximate surface area is 306 Å². The molecule has 0 saturated heterocycles. The second kappa shape index (κ2) is 25.7. The molecule has 0 unspecified atom stereocenters. The summed E-state index contributed by atoms with van der Waals surface area (Å²) in [6.45, 7) is 8.40. The molecule has 294 valence electrons. The number of rotatable bonds is 28. The van der Waals surface area contributed by atoms with Gasteiger partial charge in [-0.05, 0) is 76.8 Å². The zero-order valence-corrected chi connectivity index (χ0v) is 31.2. The zero-order valence-electron chi connectivity index (χ0n) is 30.4. The number of nitrogens with zero attached hydrogens (tertiary/aromatic N) is 3. The summed E-state index contributed by atoms with van der Waals surface area (Å²) in [7, 11) is -3.74. The molecule has 0 bridgehead atoms. The van der Waals surface area contributed by atoms with E-state index in [-0.39, 0.29) is 67.8 Å². The summed E-state index contributed by atoms with van der Waals surface area (Å²) in [4.78, 5) is 59.3. The molecule has 17 nitrogen and oxygen atoms in total. The number of aryl methyl sites for hydroxylation is 1. The van der Waals surface area contributed by atoms with Gasteiger partial charge in [-0.25, -0.2) is 23.6 Å². The number of hydroxylamine groups is 6. The van der Waals surface area contributed by atoms with Gasteiger partial charge in [-0.15, -0.1) is 0 Å². The lowest BCUT2D eigenvalue weighted by Gasteiger charge is -2.16. The van der Waals surface area contributed by atoms with Crippen molar-refractivity contribution < 1.29 is 48.0 Å². The highest BCUT2D eigenvalue weighted by Gasteiger charge is 2.16. The molecule has 0 aromatic heterocycles. The van der Waals surface area contributed by atoms with E-state index in [0.717, 1.165) is 5.56 Å². The van der Waals surface area contributed by atoms with Crippen LogP contribution in [-0.2, 0) is 34.0 Å². The number of unbranched alkanes of at least 4 members (excludes halogenated alkanes) is 6. The average molecular weight is 756 g/mol. The van der Waals surface area contributed by atoms with Crippen molar-refractivity contribution in [3.05, 3.63) is 42.2 Å². The zero-order chi connectivity index (χ0) is 38.9. The molecule has 0 aliphatic rings. The Morgan fingerprint density at radius 1 is 0.615 bits per heavy atom. The van der Waals surface area contributed by atoms with Gasteiger partial charge in [-0.2, -0.15) is 0 Å². The lowest BCUT2D eigenvalue weighted by atomic mass is 10.2. The minimum absolute atomic E-state index is 0.0624. The maximum absolute atomic E-state index is 12.4. The van der Waals surface area contributed by atoms with Gasteiger partial charge < -0.3 is 16.0 Å². The van der Waals surface area contributed by atoms with E-state index in [2.05, 4.69) is 27.3 Å². The Bertz CT molecular complexity index is 1390. The maximum atomic E-state index is 12.4. The summed E-state index contributed by atoms with van der Waals surface area (Å²) < 4.78 is 27.2. The molecule has 1 aromatic rings. The fourth-order valence-electron chi connectivity index (χ4n) is 4.64. The highest BCUT2D eigenvalue weighted by molar-refractivity contribution is 7.89. The Kier molecular flexibility index (Phi) is 22.6. The molecule has 0 fully saturated rings. The fourth-order valence-corrected chi connectivity index (χ4v) is 5.65. The molecule has 1 rings (SSSR count). The van der Waals surface area contributed by atoms with E-state index in [1.165, 1.54) is 19.1 Å². The van der Waals surface area contributed by atoms with E-state index in [9.17, 15) is 48.0 Å². The lowest BCUT2D eigenvalue weighted by molar-refractivity contribution is -0.166. The number of hydrogen-bond acceptors (Lipinski definition) is 11. The summed E-state index contributed by atoms with van der Waals surface area (Å²) >= 11 is 0. The van der Waals surface area contributed by atoms with E-state index < -0.39 is 27.7 Å². The van der Waals surface area contributed by atoms with Gasteiger partial charge in [0.15, 0.2) is 0 Å². The van der Waals surface area contributed by atoms with Crippen LogP contribution in [0.3, 0.4) is 0 Å². The molecule has 52 heavy (non-hydrogen) atoms. The van der Waals surface area contributed by atoms with Gasteiger partial charge in [0.2, 0.25) is 29.5 Å². The Morgan fingerprint density at radius 2 is 1.02 bits per heavy atom. The molecule has 1 aromatic carbocycles. The molecule has 7 N–H and O–H groups in total. The van der Waals surface area contributed by atoms with Gasteiger partial charge in [0.1, 0.15) is 5.82 Å². The number of carbonyl (C=O) groups excluding carboxylic acids is 5. The van der Waals surface area contributed by atoms with E-state index in [1.54, 1.807) is 12.1 Å². The van der Waals surface area contributed by atoms with E-state index in [4.69, 9.17) is 0 Å². The third-order valence-corrected chi connectivity index (χ3v) is 9.19.